The molecule has 5 atom stereocenters. The molecule has 206 valence electrons. The molecule has 2 aromatic heterocycles. The quantitative estimate of drug-likeness (QED) is 0.312. The topological polar surface area (TPSA) is 198 Å². The van der Waals surface area contributed by atoms with E-state index < -0.39 is 42.6 Å². The minimum atomic E-state index is -1.43. The van der Waals surface area contributed by atoms with Crippen LogP contribution in [-0.4, -0.2) is 115 Å². The van der Waals surface area contributed by atoms with Crippen LogP contribution in [0.2, 0.25) is 0 Å². The molecule has 3 aliphatic heterocycles. The molecule has 0 bridgehead atoms. The zero-order valence-corrected chi connectivity index (χ0v) is 21.2. The highest BCUT2D eigenvalue weighted by atomic mass is 16.6. The maximum Gasteiger partial charge on any atom is 0.410 e. The zero-order valence-electron chi connectivity index (χ0n) is 21.2. The van der Waals surface area contributed by atoms with Crippen LogP contribution in [0.5, 0.6) is 0 Å². The summed E-state index contributed by atoms with van der Waals surface area (Å²) in [7, 11) is 1.66. The Labute approximate surface area is 217 Å². The number of anilines is 1. The maximum absolute atomic E-state index is 12.4. The van der Waals surface area contributed by atoms with E-state index in [1.807, 2.05) is 0 Å². The molecule has 5 heterocycles. The summed E-state index contributed by atoms with van der Waals surface area (Å²) in [6.45, 7) is 3.47. The number of likely N-dealkylation sites (tertiary alicyclic amines) is 2. The minimum Gasteiger partial charge on any atom is -0.434 e. The van der Waals surface area contributed by atoms with Gasteiger partial charge in [-0.25, -0.2) is 19.7 Å². The number of hydrogen-bond donors (Lipinski definition) is 4. The van der Waals surface area contributed by atoms with E-state index in [0.717, 1.165) is 0 Å². The number of nitrogens with two attached hydrogens (primary N) is 1. The van der Waals surface area contributed by atoms with Crippen LogP contribution >= 0.6 is 0 Å². The van der Waals surface area contributed by atoms with E-state index in [2.05, 4.69) is 20.3 Å². The van der Waals surface area contributed by atoms with Gasteiger partial charge >= 0.3 is 6.09 Å². The minimum absolute atomic E-state index is 0.160. The fraction of sp³-hybridized carbons (Fsp3) is 0.652. The average Bonchev–Trinajstić information content (AvgIpc) is 3.45. The van der Waals surface area contributed by atoms with Crippen LogP contribution in [0, 0.1) is 5.92 Å². The molecule has 15 nitrogen and oxygen atoms in total. The number of rotatable bonds is 6. The van der Waals surface area contributed by atoms with Crippen LogP contribution in [-0.2, 0) is 25.5 Å². The van der Waals surface area contributed by atoms with Gasteiger partial charge in [-0.3, -0.25) is 14.2 Å². The van der Waals surface area contributed by atoms with Crippen molar-refractivity contribution in [2.24, 2.45) is 5.92 Å². The van der Waals surface area contributed by atoms with Gasteiger partial charge in [0.05, 0.1) is 12.9 Å². The predicted octanol–water partition coefficient (Wildman–Crippen LogP) is -1.60. The summed E-state index contributed by atoms with van der Waals surface area (Å²) in [5.41, 5.74) is 6.79. The Balaban J connectivity index is 1.24. The molecule has 5 N–H and O–H groups in total. The van der Waals surface area contributed by atoms with Crippen molar-refractivity contribution in [1.29, 1.82) is 0 Å². The van der Waals surface area contributed by atoms with Crippen molar-refractivity contribution in [3.63, 3.8) is 0 Å². The number of aliphatic hydroxyl groups is 2. The molecule has 38 heavy (non-hydrogen) atoms. The Kier molecular flexibility index (Phi) is 7.07. The van der Waals surface area contributed by atoms with Gasteiger partial charge < -0.3 is 40.5 Å². The van der Waals surface area contributed by atoms with Crippen molar-refractivity contribution in [3.05, 3.63) is 12.2 Å². The van der Waals surface area contributed by atoms with E-state index in [9.17, 15) is 24.6 Å². The maximum atomic E-state index is 12.4. The van der Waals surface area contributed by atoms with E-state index in [1.54, 1.807) is 18.9 Å². The van der Waals surface area contributed by atoms with Crippen LogP contribution in [0.4, 0.5) is 10.6 Å². The molecule has 0 aliphatic carbocycles. The highest BCUT2D eigenvalue weighted by Gasteiger charge is 2.47. The summed E-state index contributed by atoms with van der Waals surface area (Å²) >= 11 is 0. The molecule has 3 unspecified atom stereocenters. The van der Waals surface area contributed by atoms with Crippen molar-refractivity contribution in [1.82, 2.24) is 34.6 Å². The van der Waals surface area contributed by atoms with Crippen molar-refractivity contribution in [3.8, 4) is 0 Å². The third kappa shape index (κ3) is 4.72. The molecule has 0 spiro atoms. The highest BCUT2D eigenvalue weighted by molar-refractivity contribution is 5.88. The Morgan fingerprint density at radius 1 is 1.24 bits per heavy atom. The van der Waals surface area contributed by atoms with Gasteiger partial charge in [0.25, 0.3) is 11.8 Å². The van der Waals surface area contributed by atoms with Crippen molar-refractivity contribution in [2.45, 2.75) is 56.8 Å². The molecule has 2 aromatic rings. The standard InChI is InChI=1S/C23H32N8O7/c1-3-25-20(34)17-15(32)16(33)22(38-17)31-10-26-14-18(24)27-13(28-19(14)31)8-11-4-6-30(7-5-11)23(36)37-12-9-29(2)21(12)35/h10-12,15-17,22,32-33H,3-9H2,1-2H3,(H,25,34)(H2,24,27,28)/t12?,15?,16?,17-,22+/m0/s1. The molecule has 3 saturated heterocycles. The Morgan fingerprint density at radius 2 is 1.97 bits per heavy atom. The van der Waals surface area contributed by atoms with Gasteiger partial charge in [-0.1, -0.05) is 0 Å². The lowest BCUT2D eigenvalue weighted by molar-refractivity contribution is -0.154. The fourth-order valence-electron chi connectivity index (χ4n) is 5.06. The second kappa shape index (κ2) is 10.3. The van der Waals surface area contributed by atoms with Crippen LogP contribution in [0.3, 0.4) is 0 Å². The third-order valence-electron chi connectivity index (χ3n) is 7.29. The van der Waals surface area contributed by atoms with Gasteiger partial charge in [-0.15, -0.1) is 0 Å². The molecule has 3 amide bonds. The van der Waals surface area contributed by atoms with Crippen LogP contribution in [0.15, 0.2) is 6.33 Å². The smallest absolute Gasteiger partial charge is 0.410 e. The van der Waals surface area contributed by atoms with E-state index in [-0.39, 0.29) is 17.6 Å². The summed E-state index contributed by atoms with van der Waals surface area (Å²) in [4.78, 5) is 52.7. The first kappa shape index (κ1) is 26.1. The second-order valence-electron chi connectivity index (χ2n) is 9.90. The van der Waals surface area contributed by atoms with Crippen LogP contribution in [0.25, 0.3) is 11.2 Å². The number of nitrogen functional groups attached to an aromatic ring is 1. The number of likely N-dealkylation sites (N-methyl/N-ethyl adjacent to an activating group) is 2. The van der Waals surface area contributed by atoms with Crippen molar-refractivity contribution < 1.29 is 34.1 Å². The molecule has 0 aromatic carbocycles. The number of ether oxygens (including phenoxy) is 2. The van der Waals surface area contributed by atoms with Crippen molar-refractivity contribution in [2.75, 3.05) is 39.0 Å². The number of carbonyl (C=O) groups excluding carboxylic acids is 3. The van der Waals surface area contributed by atoms with Crippen molar-refractivity contribution >= 4 is 34.9 Å². The number of amides is 3. The van der Waals surface area contributed by atoms with Gasteiger partial charge in [-0.05, 0) is 25.7 Å². The second-order valence-corrected chi connectivity index (χ2v) is 9.90. The third-order valence-corrected chi connectivity index (χ3v) is 7.29. The van der Waals surface area contributed by atoms with Gasteiger partial charge in [0.2, 0.25) is 0 Å². The molecule has 3 fully saturated rings. The monoisotopic (exact) mass is 532 g/mol. The lowest BCUT2D eigenvalue weighted by Gasteiger charge is -2.37. The average molecular weight is 533 g/mol. The SMILES string of the molecule is CCNC(=O)[C@H]1O[C@@H](n2cnc3c(N)nc(CC4CCN(C(=O)OC5CN(C)C5=O)CC4)nc32)C(O)C1O. The van der Waals surface area contributed by atoms with E-state index in [4.69, 9.17) is 15.2 Å². The Morgan fingerprint density at radius 3 is 2.63 bits per heavy atom. The van der Waals surface area contributed by atoms with Gasteiger partial charge in [0.1, 0.15) is 23.5 Å². The molecule has 3 aliphatic rings. The predicted molar refractivity (Wildman–Crippen MR) is 130 cm³/mol. The van der Waals surface area contributed by atoms with Gasteiger partial charge in [-0.2, -0.15) is 0 Å². The summed E-state index contributed by atoms with van der Waals surface area (Å²) in [5, 5.41) is 23.6. The number of aromatic nitrogens is 4. The molecule has 5 rings (SSSR count). The van der Waals surface area contributed by atoms with Gasteiger partial charge in [0.15, 0.2) is 29.9 Å². The molecule has 15 heteroatoms. The first-order valence-corrected chi connectivity index (χ1v) is 12.7. The number of carbonyl (C=O) groups is 3. The molecular formula is C23H32N8O7. The zero-order chi connectivity index (χ0) is 27.1. The van der Waals surface area contributed by atoms with E-state index in [0.29, 0.717) is 62.4 Å². The lowest BCUT2D eigenvalue weighted by Crippen LogP contribution is -2.57. The number of hydrogen-bond acceptors (Lipinski definition) is 11. The molecule has 0 saturated carbocycles. The molecular weight excluding hydrogens is 500 g/mol. The van der Waals surface area contributed by atoms with E-state index in [1.165, 1.54) is 15.8 Å². The summed E-state index contributed by atoms with van der Waals surface area (Å²) < 4.78 is 12.5. The summed E-state index contributed by atoms with van der Waals surface area (Å²) in [5.74, 6) is 0.0911. The first-order chi connectivity index (χ1) is 18.2. The van der Waals surface area contributed by atoms with Crippen LogP contribution < -0.4 is 11.1 Å². The molecule has 0 radical (unpaired) electrons. The summed E-state index contributed by atoms with van der Waals surface area (Å²) in [6.07, 6.45) is -3.07. The summed E-state index contributed by atoms with van der Waals surface area (Å²) in [6, 6.07) is 0. The number of piperidine rings is 1. The number of fused-ring (bicyclic) bond motifs is 1. The number of nitrogens with zero attached hydrogens (tertiary/aromatic N) is 6. The van der Waals surface area contributed by atoms with E-state index >= 15 is 0 Å². The Hall–Kier alpha value is -3.56. The number of β-lactam (4-membered cyclic amide) rings is 1. The number of imidazole rings is 1. The normalized spacial score (nSPS) is 28.0. The lowest BCUT2D eigenvalue weighted by atomic mass is 9.93. The fourth-order valence-corrected chi connectivity index (χ4v) is 5.06. The number of aliphatic hydroxyl groups excluding tert-OH is 2. The first-order valence-electron chi connectivity index (χ1n) is 12.7. The van der Waals surface area contributed by atoms with Crippen LogP contribution in [0.1, 0.15) is 31.8 Å². The number of nitrogens with one attached hydrogen (secondary N) is 1. The highest BCUT2D eigenvalue weighted by Crippen LogP contribution is 2.33. The van der Waals surface area contributed by atoms with Gasteiger partial charge in [0, 0.05) is 33.1 Å². The Bertz CT molecular complexity index is 1230. The largest absolute Gasteiger partial charge is 0.434 e.